The van der Waals surface area contributed by atoms with Crippen LogP contribution in [-0.2, 0) is 4.79 Å². The summed E-state index contributed by atoms with van der Waals surface area (Å²) in [5.41, 5.74) is 1.57. The highest BCUT2D eigenvalue weighted by Gasteiger charge is 2.30. The van der Waals surface area contributed by atoms with Crippen molar-refractivity contribution in [2.45, 2.75) is 51.5 Å². The first-order valence-corrected chi connectivity index (χ1v) is 11.0. The summed E-state index contributed by atoms with van der Waals surface area (Å²) in [6, 6.07) is 3.68. The van der Waals surface area contributed by atoms with Crippen LogP contribution in [0.4, 0.5) is 0 Å². The SMILES string of the molecule is COc1cc(-c2cc(C(=O)N3CCC(C(=O)N[C@H]4CC[C@@H](C)CC4)CC3)n[nH]2)ncn1. The molecule has 2 aromatic heterocycles. The Balaban J connectivity index is 1.30. The van der Waals surface area contributed by atoms with Crippen molar-refractivity contribution in [3.8, 4) is 17.3 Å². The number of H-pyrrole nitrogens is 1. The van der Waals surface area contributed by atoms with Gasteiger partial charge in [0.25, 0.3) is 5.91 Å². The molecule has 0 radical (unpaired) electrons. The molecule has 1 aliphatic heterocycles. The zero-order chi connectivity index (χ0) is 21.8. The number of likely N-dealkylation sites (tertiary alicyclic amines) is 1. The molecule has 3 heterocycles. The Kier molecular flexibility index (Phi) is 6.48. The fraction of sp³-hybridized carbons (Fsp3) is 0.591. The van der Waals surface area contributed by atoms with Crippen molar-refractivity contribution in [3.05, 3.63) is 24.2 Å². The standard InChI is InChI=1S/C22H30N6O3/c1-14-3-5-16(6-4-14)25-21(29)15-7-9-28(10-8-15)22(30)19-11-18(26-27-19)17-12-20(31-2)24-13-23-17/h11-16H,3-10H2,1-2H3,(H,25,29)(H,26,27)/t14-,16+. The Morgan fingerprint density at radius 2 is 1.84 bits per heavy atom. The van der Waals surface area contributed by atoms with Gasteiger partial charge in [0.1, 0.15) is 6.33 Å². The second-order valence-corrected chi connectivity index (χ2v) is 8.64. The Morgan fingerprint density at radius 1 is 1.10 bits per heavy atom. The van der Waals surface area contributed by atoms with E-state index in [0.29, 0.717) is 54.9 Å². The third-order valence-corrected chi connectivity index (χ3v) is 6.44. The predicted octanol–water partition coefficient (Wildman–Crippen LogP) is 2.42. The van der Waals surface area contributed by atoms with Crippen LogP contribution >= 0.6 is 0 Å². The average Bonchev–Trinajstić information content (AvgIpc) is 3.30. The molecule has 4 rings (SSSR count). The molecule has 2 fully saturated rings. The van der Waals surface area contributed by atoms with Crippen LogP contribution in [0, 0.1) is 11.8 Å². The van der Waals surface area contributed by atoms with Gasteiger partial charge in [0.05, 0.1) is 18.5 Å². The van der Waals surface area contributed by atoms with Gasteiger partial charge in [-0.15, -0.1) is 0 Å². The maximum absolute atomic E-state index is 12.9. The van der Waals surface area contributed by atoms with Crippen LogP contribution in [0.25, 0.3) is 11.4 Å². The second-order valence-electron chi connectivity index (χ2n) is 8.64. The first kappa shape index (κ1) is 21.3. The molecule has 2 N–H and O–H groups in total. The smallest absolute Gasteiger partial charge is 0.274 e. The van der Waals surface area contributed by atoms with E-state index in [1.807, 2.05) is 0 Å². The molecule has 31 heavy (non-hydrogen) atoms. The highest BCUT2D eigenvalue weighted by atomic mass is 16.5. The lowest BCUT2D eigenvalue weighted by molar-refractivity contribution is -0.127. The zero-order valence-electron chi connectivity index (χ0n) is 18.1. The number of nitrogens with one attached hydrogen (secondary N) is 2. The van der Waals surface area contributed by atoms with Crippen LogP contribution in [-0.4, -0.2) is 63.1 Å². The molecule has 0 atom stereocenters. The number of ether oxygens (including phenoxy) is 1. The first-order chi connectivity index (χ1) is 15.0. The molecule has 2 aliphatic rings. The number of methoxy groups -OCH3 is 1. The van der Waals surface area contributed by atoms with Crippen molar-refractivity contribution in [2.75, 3.05) is 20.2 Å². The highest BCUT2D eigenvalue weighted by molar-refractivity contribution is 5.93. The van der Waals surface area contributed by atoms with Crippen molar-refractivity contribution in [1.82, 2.24) is 30.4 Å². The van der Waals surface area contributed by atoms with Gasteiger partial charge in [-0.05, 0) is 50.5 Å². The zero-order valence-corrected chi connectivity index (χ0v) is 18.1. The summed E-state index contributed by atoms with van der Waals surface area (Å²) in [4.78, 5) is 35.5. The lowest BCUT2D eigenvalue weighted by Crippen LogP contribution is -2.46. The number of piperidine rings is 1. The van der Waals surface area contributed by atoms with E-state index in [2.05, 4.69) is 32.4 Å². The van der Waals surface area contributed by atoms with E-state index in [1.54, 1.807) is 17.0 Å². The summed E-state index contributed by atoms with van der Waals surface area (Å²) in [5, 5.41) is 10.3. The second kappa shape index (κ2) is 9.45. The van der Waals surface area contributed by atoms with E-state index in [0.717, 1.165) is 18.8 Å². The Bertz CT molecular complexity index is 913. The van der Waals surface area contributed by atoms with Gasteiger partial charge in [0, 0.05) is 31.1 Å². The fourth-order valence-electron chi connectivity index (χ4n) is 4.39. The number of aromatic nitrogens is 4. The third-order valence-electron chi connectivity index (χ3n) is 6.44. The minimum absolute atomic E-state index is 0.0216. The van der Waals surface area contributed by atoms with E-state index in [1.165, 1.54) is 26.3 Å². The number of amides is 2. The Morgan fingerprint density at radius 3 is 2.55 bits per heavy atom. The average molecular weight is 427 g/mol. The lowest BCUT2D eigenvalue weighted by Gasteiger charge is -2.33. The molecular formula is C22H30N6O3. The van der Waals surface area contributed by atoms with Crippen molar-refractivity contribution in [3.63, 3.8) is 0 Å². The summed E-state index contributed by atoms with van der Waals surface area (Å²) in [6.07, 6.45) is 7.28. The highest BCUT2D eigenvalue weighted by Crippen LogP contribution is 2.25. The third kappa shape index (κ3) is 5.03. The maximum Gasteiger partial charge on any atom is 0.274 e. The van der Waals surface area contributed by atoms with Crippen LogP contribution in [0.15, 0.2) is 18.5 Å². The number of hydrogen-bond donors (Lipinski definition) is 2. The van der Waals surface area contributed by atoms with Crippen molar-refractivity contribution >= 4 is 11.8 Å². The summed E-state index contributed by atoms with van der Waals surface area (Å²) in [7, 11) is 1.54. The van der Waals surface area contributed by atoms with Crippen LogP contribution in [0.3, 0.4) is 0 Å². The van der Waals surface area contributed by atoms with Gasteiger partial charge in [0.2, 0.25) is 11.8 Å². The lowest BCUT2D eigenvalue weighted by atomic mass is 9.86. The van der Waals surface area contributed by atoms with E-state index < -0.39 is 0 Å². The maximum atomic E-state index is 12.9. The van der Waals surface area contributed by atoms with Crippen molar-refractivity contribution in [1.29, 1.82) is 0 Å². The van der Waals surface area contributed by atoms with Gasteiger partial charge < -0.3 is 15.0 Å². The molecule has 1 saturated heterocycles. The first-order valence-electron chi connectivity index (χ1n) is 11.0. The molecule has 0 spiro atoms. The Hall–Kier alpha value is -2.97. The molecule has 1 saturated carbocycles. The van der Waals surface area contributed by atoms with Gasteiger partial charge in [0.15, 0.2) is 5.69 Å². The molecule has 0 unspecified atom stereocenters. The summed E-state index contributed by atoms with van der Waals surface area (Å²) in [5.74, 6) is 1.19. The van der Waals surface area contributed by atoms with Gasteiger partial charge in [-0.25, -0.2) is 9.97 Å². The molecule has 2 amide bonds. The monoisotopic (exact) mass is 426 g/mol. The minimum atomic E-state index is -0.136. The number of carbonyl (C=O) groups excluding carboxylic acids is 2. The van der Waals surface area contributed by atoms with Crippen LogP contribution in [0.5, 0.6) is 5.88 Å². The summed E-state index contributed by atoms with van der Waals surface area (Å²) >= 11 is 0. The molecular weight excluding hydrogens is 396 g/mol. The van der Waals surface area contributed by atoms with E-state index in [9.17, 15) is 9.59 Å². The van der Waals surface area contributed by atoms with Crippen LogP contribution in [0.2, 0.25) is 0 Å². The van der Waals surface area contributed by atoms with Crippen molar-refractivity contribution < 1.29 is 14.3 Å². The van der Waals surface area contributed by atoms with E-state index >= 15 is 0 Å². The largest absolute Gasteiger partial charge is 0.481 e. The van der Waals surface area contributed by atoms with Crippen molar-refractivity contribution in [2.24, 2.45) is 11.8 Å². The molecule has 166 valence electrons. The summed E-state index contributed by atoms with van der Waals surface area (Å²) < 4.78 is 5.11. The topological polar surface area (TPSA) is 113 Å². The van der Waals surface area contributed by atoms with E-state index in [4.69, 9.17) is 4.74 Å². The molecule has 9 nitrogen and oxygen atoms in total. The molecule has 0 bridgehead atoms. The quantitative estimate of drug-likeness (QED) is 0.759. The summed E-state index contributed by atoms with van der Waals surface area (Å²) in [6.45, 7) is 3.39. The number of aromatic amines is 1. The molecule has 9 heteroatoms. The van der Waals surface area contributed by atoms with E-state index in [-0.39, 0.29) is 17.7 Å². The van der Waals surface area contributed by atoms with Crippen LogP contribution in [0.1, 0.15) is 55.9 Å². The predicted molar refractivity (Wildman–Crippen MR) is 114 cm³/mol. The number of hydrogen-bond acceptors (Lipinski definition) is 6. The van der Waals surface area contributed by atoms with Gasteiger partial charge in [-0.3, -0.25) is 14.7 Å². The molecule has 2 aromatic rings. The fourth-order valence-corrected chi connectivity index (χ4v) is 4.39. The molecule has 1 aliphatic carbocycles. The Labute approximate surface area is 182 Å². The van der Waals surface area contributed by atoms with Gasteiger partial charge in [-0.1, -0.05) is 6.92 Å². The van der Waals surface area contributed by atoms with Crippen LogP contribution < -0.4 is 10.1 Å². The normalized spacial score (nSPS) is 22.2. The number of carbonyl (C=O) groups is 2. The van der Waals surface area contributed by atoms with Gasteiger partial charge in [-0.2, -0.15) is 5.10 Å². The minimum Gasteiger partial charge on any atom is -0.481 e. The molecule has 0 aromatic carbocycles. The number of rotatable bonds is 5. The number of nitrogens with zero attached hydrogens (tertiary/aromatic N) is 4. The van der Waals surface area contributed by atoms with Gasteiger partial charge >= 0.3 is 0 Å².